The van der Waals surface area contributed by atoms with E-state index >= 15 is 0 Å². The summed E-state index contributed by atoms with van der Waals surface area (Å²) in [7, 11) is 0. The molecule has 3 nitrogen and oxygen atoms in total. The van der Waals surface area contributed by atoms with Gasteiger partial charge in [-0.3, -0.25) is 0 Å². The highest BCUT2D eigenvalue weighted by Crippen LogP contribution is 2.31. The van der Waals surface area contributed by atoms with Crippen LogP contribution in [-0.2, 0) is 0 Å². The van der Waals surface area contributed by atoms with Gasteiger partial charge in [-0.2, -0.15) is 0 Å². The molecule has 100 valence electrons. The zero-order chi connectivity index (χ0) is 13.1. The van der Waals surface area contributed by atoms with E-state index in [1.165, 1.54) is 19.3 Å². The molecule has 0 spiro atoms. The van der Waals surface area contributed by atoms with Crippen molar-refractivity contribution in [3.8, 4) is 0 Å². The molecular formula is C15H24N2O. The number of hydrogen-bond donors (Lipinski definition) is 1. The van der Waals surface area contributed by atoms with E-state index in [9.17, 15) is 5.11 Å². The molecule has 0 bridgehead atoms. The van der Waals surface area contributed by atoms with Gasteiger partial charge in [0.2, 0.25) is 0 Å². The summed E-state index contributed by atoms with van der Waals surface area (Å²) in [4.78, 5) is 6.88. The van der Waals surface area contributed by atoms with E-state index in [-0.39, 0.29) is 0 Å². The van der Waals surface area contributed by atoms with Gasteiger partial charge in [-0.25, -0.2) is 4.98 Å². The van der Waals surface area contributed by atoms with Crippen molar-refractivity contribution < 1.29 is 5.11 Å². The van der Waals surface area contributed by atoms with Crippen LogP contribution >= 0.6 is 0 Å². The zero-order valence-corrected chi connectivity index (χ0v) is 11.6. The van der Waals surface area contributed by atoms with E-state index in [0.29, 0.717) is 6.04 Å². The average molecular weight is 248 g/mol. The first-order valence-corrected chi connectivity index (χ1v) is 7.03. The van der Waals surface area contributed by atoms with Gasteiger partial charge in [0, 0.05) is 24.3 Å². The van der Waals surface area contributed by atoms with Crippen LogP contribution in [0.5, 0.6) is 0 Å². The first-order valence-electron chi connectivity index (χ1n) is 7.03. The standard InChI is InChI=1S/C15H24N2O/c1-4-13-8-7-11(2)17(10-13)15-14(12(3)18)6-5-9-16-15/h5-6,9,11-13,18H,4,7-8,10H2,1-3H3/t11?,12-,13?/m0/s1. The lowest BCUT2D eigenvalue weighted by atomic mass is 9.91. The number of aliphatic hydroxyl groups is 1. The predicted molar refractivity (Wildman–Crippen MR) is 74.7 cm³/mol. The Bertz CT molecular complexity index is 392. The first-order chi connectivity index (χ1) is 8.63. The first kappa shape index (κ1) is 13.3. The molecule has 0 saturated carbocycles. The minimum atomic E-state index is -0.456. The van der Waals surface area contributed by atoms with Crippen molar-refractivity contribution in [1.82, 2.24) is 4.98 Å². The van der Waals surface area contributed by atoms with Gasteiger partial charge in [-0.05, 0) is 38.7 Å². The fourth-order valence-electron chi connectivity index (χ4n) is 2.79. The second-order valence-electron chi connectivity index (χ2n) is 5.45. The van der Waals surface area contributed by atoms with Gasteiger partial charge in [0.15, 0.2) is 0 Å². The quantitative estimate of drug-likeness (QED) is 0.892. The summed E-state index contributed by atoms with van der Waals surface area (Å²) in [6, 6.07) is 4.40. The largest absolute Gasteiger partial charge is 0.389 e. The molecule has 1 aliphatic heterocycles. The molecule has 3 atom stereocenters. The number of aromatic nitrogens is 1. The maximum absolute atomic E-state index is 9.88. The maximum atomic E-state index is 9.88. The number of nitrogens with zero attached hydrogens (tertiary/aromatic N) is 2. The molecule has 2 heterocycles. The molecular weight excluding hydrogens is 224 g/mol. The number of aliphatic hydroxyl groups excluding tert-OH is 1. The topological polar surface area (TPSA) is 36.4 Å². The Morgan fingerprint density at radius 1 is 1.50 bits per heavy atom. The van der Waals surface area contributed by atoms with Crippen LogP contribution in [0, 0.1) is 5.92 Å². The Balaban J connectivity index is 2.28. The second-order valence-corrected chi connectivity index (χ2v) is 5.45. The van der Waals surface area contributed by atoms with Crippen LogP contribution in [0.3, 0.4) is 0 Å². The van der Waals surface area contributed by atoms with Crippen molar-refractivity contribution in [2.45, 2.75) is 52.2 Å². The van der Waals surface area contributed by atoms with Crippen LogP contribution in [0.2, 0.25) is 0 Å². The fraction of sp³-hybridized carbons (Fsp3) is 0.667. The van der Waals surface area contributed by atoms with Gasteiger partial charge in [-0.15, -0.1) is 0 Å². The molecule has 1 fully saturated rings. The van der Waals surface area contributed by atoms with Gasteiger partial charge in [0.05, 0.1) is 6.10 Å². The molecule has 3 heteroatoms. The molecule has 0 radical (unpaired) electrons. The van der Waals surface area contributed by atoms with E-state index in [2.05, 4.69) is 23.7 Å². The van der Waals surface area contributed by atoms with E-state index < -0.39 is 6.10 Å². The van der Waals surface area contributed by atoms with Crippen LogP contribution in [0.1, 0.15) is 51.7 Å². The molecule has 0 aliphatic carbocycles. The van der Waals surface area contributed by atoms with E-state index in [4.69, 9.17) is 0 Å². The Kier molecular flexibility index (Phi) is 4.23. The number of rotatable bonds is 3. The second kappa shape index (κ2) is 5.70. The van der Waals surface area contributed by atoms with Crippen molar-refractivity contribution in [3.63, 3.8) is 0 Å². The summed E-state index contributed by atoms with van der Waals surface area (Å²) in [5.74, 6) is 1.73. The smallest absolute Gasteiger partial charge is 0.134 e. The summed E-state index contributed by atoms with van der Waals surface area (Å²) in [5, 5.41) is 9.88. The van der Waals surface area contributed by atoms with Crippen LogP contribution in [0.25, 0.3) is 0 Å². The van der Waals surface area contributed by atoms with Crippen molar-refractivity contribution in [1.29, 1.82) is 0 Å². The molecule has 2 rings (SSSR count). The predicted octanol–water partition coefficient (Wildman–Crippen LogP) is 3.15. The van der Waals surface area contributed by atoms with Crippen LogP contribution in [0.15, 0.2) is 18.3 Å². The third kappa shape index (κ3) is 2.66. The number of hydrogen-bond acceptors (Lipinski definition) is 3. The lowest BCUT2D eigenvalue weighted by Gasteiger charge is -2.39. The highest BCUT2D eigenvalue weighted by Gasteiger charge is 2.27. The minimum absolute atomic E-state index is 0.456. The number of pyridine rings is 1. The van der Waals surface area contributed by atoms with Crippen molar-refractivity contribution >= 4 is 5.82 Å². The molecule has 2 unspecified atom stereocenters. The van der Waals surface area contributed by atoms with Crippen molar-refractivity contribution in [2.24, 2.45) is 5.92 Å². The minimum Gasteiger partial charge on any atom is -0.389 e. The van der Waals surface area contributed by atoms with E-state index in [1.54, 1.807) is 0 Å². The number of anilines is 1. The van der Waals surface area contributed by atoms with Crippen molar-refractivity contribution in [2.75, 3.05) is 11.4 Å². The van der Waals surface area contributed by atoms with E-state index in [0.717, 1.165) is 23.8 Å². The summed E-state index contributed by atoms with van der Waals surface area (Å²) in [6.07, 6.45) is 5.12. The molecule has 1 aromatic rings. The highest BCUT2D eigenvalue weighted by atomic mass is 16.3. The van der Waals surface area contributed by atoms with E-state index in [1.807, 2.05) is 25.3 Å². The molecule has 0 aromatic carbocycles. The molecule has 1 saturated heterocycles. The van der Waals surface area contributed by atoms with Gasteiger partial charge in [-0.1, -0.05) is 19.4 Å². The summed E-state index contributed by atoms with van der Waals surface area (Å²) >= 11 is 0. The monoisotopic (exact) mass is 248 g/mol. The Labute approximate surface area is 110 Å². The molecule has 18 heavy (non-hydrogen) atoms. The Morgan fingerprint density at radius 2 is 2.28 bits per heavy atom. The van der Waals surface area contributed by atoms with Gasteiger partial charge in [0.1, 0.15) is 5.82 Å². The molecule has 0 amide bonds. The third-order valence-corrected chi connectivity index (χ3v) is 4.10. The summed E-state index contributed by atoms with van der Waals surface area (Å²) in [5.41, 5.74) is 0.945. The number of piperidine rings is 1. The fourth-order valence-corrected chi connectivity index (χ4v) is 2.79. The Morgan fingerprint density at radius 3 is 2.94 bits per heavy atom. The molecule has 1 aliphatic rings. The van der Waals surface area contributed by atoms with Gasteiger partial charge < -0.3 is 10.0 Å². The highest BCUT2D eigenvalue weighted by molar-refractivity contribution is 5.49. The molecule has 1 aromatic heterocycles. The van der Waals surface area contributed by atoms with Crippen molar-refractivity contribution in [3.05, 3.63) is 23.9 Å². The van der Waals surface area contributed by atoms with Gasteiger partial charge in [0.25, 0.3) is 0 Å². The van der Waals surface area contributed by atoms with Gasteiger partial charge >= 0.3 is 0 Å². The van der Waals surface area contributed by atoms with Crippen LogP contribution in [0.4, 0.5) is 5.82 Å². The van der Waals surface area contributed by atoms with Crippen LogP contribution < -0.4 is 4.90 Å². The third-order valence-electron chi connectivity index (χ3n) is 4.10. The summed E-state index contributed by atoms with van der Waals surface area (Å²) < 4.78 is 0. The SMILES string of the molecule is CCC1CCC(C)N(c2ncccc2[C@H](C)O)C1. The average Bonchev–Trinajstić information content (AvgIpc) is 2.39. The zero-order valence-electron chi connectivity index (χ0n) is 11.6. The normalized spacial score (nSPS) is 26.1. The maximum Gasteiger partial charge on any atom is 0.134 e. The lowest BCUT2D eigenvalue weighted by molar-refractivity contribution is 0.198. The van der Waals surface area contributed by atoms with Crippen LogP contribution in [-0.4, -0.2) is 22.7 Å². The lowest BCUT2D eigenvalue weighted by Crippen LogP contribution is -2.42. The Hall–Kier alpha value is -1.09. The summed E-state index contributed by atoms with van der Waals surface area (Å²) in [6.45, 7) is 7.39. The molecule has 1 N–H and O–H groups in total.